The monoisotopic (exact) mass is 218 g/mol. The summed E-state index contributed by atoms with van der Waals surface area (Å²) >= 11 is 0. The van der Waals surface area contributed by atoms with Crippen molar-refractivity contribution < 1.29 is 4.79 Å². The van der Waals surface area contributed by atoms with Crippen LogP contribution in [0, 0.1) is 0 Å². The van der Waals surface area contributed by atoms with E-state index >= 15 is 0 Å². The van der Waals surface area contributed by atoms with Crippen LogP contribution >= 0.6 is 0 Å². The van der Waals surface area contributed by atoms with Gasteiger partial charge in [-0.2, -0.15) is 0 Å². The van der Waals surface area contributed by atoms with Crippen molar-refractivity contribution in [2.24, 2.45) is 4.99 Å². The summed E-state index contributed by atoms with van der Waals surface area (Å²) < 4.78 is 0. The minimum atomic E-state index is -0.199. The van der Waals surface area contributed by atoms with Gasteiger partial charge in [-0.3, -0.25) is 9.79 Å². The zero-order chi connectivity index (χ0) is 12.6. The van der Waals surface area contributed by atoms with Gasteiger partial charge in [0.05, 0.1) is 5.70 Å². The lowest BCUT2D eigenvalue weighted by Gasteiger charge is -2.08. The summed E-state index contributed by atoms with van der Waals surface area (Å²) in [5.74, 6) is -0.199. The molecule has 0 aliphatic carbocycles. The fourth-order valence-corrected chi connectivity index (χ4v) is 1.25. The highest BCUT2D eigenvalue weighted by Gasteiger charge is 2.11. The highest BCUT2D eigenvalue weighted by Crippen LogP contribution is 2.18. The quantitative estimate of drug-likeness (QED) is 0.429. The zero-order valence-corrected chi connectivity index (χ0v) is 10.1. The SMILES string of the molecule is C=C\C(C(=O)NC)=C(C=C)/C(=C\C)/N=C\C. The van der Waals surface area contributed by atoms with Crippen molar-refractivity contribution in [3.8, 4) is 0 Å². The molecule has 0 aromatic heterocycles. The van der Waals surface area contributed by atoms with E-state index in [1.807, 2.05) is 19.9 Å². The molecule has 0 unspecified atom stereocenters. The maximum absolute atomic E-state index is 11.6. The Morgan fingerprint density at radius 1 is 1.19 bits per heavy atom. The van der Waals surface area contributed by atoms with Gasteiger partial charge in [0.15, 0.2) is 0 Å². The summed E-state index contributed by atoms with van der Waals surface area (Å²) in [5.41, 5.74) is 1.85. The molecule has 0 spiro atoms. The van der Waals surface area contributed by atoms with Gasteiger partial charge in [0, 0.05) is 24.4 Å². The average molecular weight is 218 g/mol. The third-order valence-electron chi connectivity index (χ3n) is 1.99. The molecule has 0 atom stereocenters. The third-order valence-corrected chi connectivity index (χ3v) is 1.99. The molecule has 86 valence electrons. The Kier molecular flexibility index (Phi) is 6.52. The number of nitrogens with one attached hydrogen (secondary N) is 1. The van der Waals surface area contributed by atoms with E-state index in [9.17, 15) is 4.79 Å². The molecule has 0 radical (unpaired) electrons. The number of rotatable bonds is 5. The predicted molar refractivity (Wildman–Crippen MR) is 69.4 cm³/mol. The number of carbonyl (C=O) groups excluding carboxylic acids is 1. The van der Waals surface area contributed by atoms with Gasteiger partial charge < -0.3 is 5.32 Å². The Hall–Kier alpha value is -1.90. The first-order chi connectivity index (χ1) is 7.65. The first kappa shape index (κ1) is 14.1. The van der Waals surface area contributed by atoms with Gasteiger partial charge in [-0.05, 0) is 13.8 Å². The molecule has 3 nitrogen and oxygen atoms in total. The van der Waals surface area contributed by atoms with Gasteiger partial charge in [0.2, 0.25) is 0 Å². The Morgan fingerprint density at radius 3 is 2.06 bits per heavy atom. The maximum Gasteiger partial charge on any atom is 0.251 e. The van der Waals surface area contributed by atoms with Crippen molar-refractivity contribution >= 4 is 12.1 Å². The zero-order valence-electron chi connectivity index (χ0n) is 10.1. The van der Waals surface area contributed by atoms with Crippen molar-refractivity contribution in [1.29, 1.82) is 0 Å². The van der Waals surface area contributed by atoms with Crippen LogP contribution in [0.15, 0.2) is 53.2 Å². The van der Waals surface area contributed by atoms with Crippen molar-refractivity contribution in [1.82, 2.24) is 5.32 Å². The van der Waals surface area contributed by atoms with E-state index in [1.54, 1.807) is 19.3 Å². The number of hydrogen-bond donors (Lipinski definition) is 1. The largest absolute Gasteiger partial charge is 0.355 e. The highest BCUT2D eigenvalue weighted by molar-refractivity contribution is 5.98. The predicted octanol–water partition coefficient (Wildman–Crippen LogP) is 2.40. The Morgan fingerprint density at radius 2 is 1.75 bits per heavy atom. The van der Waals surface area contributed by atoms with Crippen LogP contribution in [-0.4, -0.2) is 19.2 Å². The molecule has 0 aliphatic heterocycles. The number of allylic oxidation sites excluding steroid dienone is 2. The van der Waals surface area contributed by atoms with Crippen molar-refractivity contribution in [3.05, 3.63) is 48.2 Å². The first-order valence-electron chi connectivity index (χ1n) is 5.02. The van der Waals surface area contributed by atoms with Crippen LogP contribution in [0.1, 0.15) is 13.8 Å². The Labute approximate surface area is 97.0 Å². The minimum Gasteiger partial charge on any atom is -0.355 e. The number of aliphatic imine (C=N–C) groups is 1. The van der Waals surface area contributed by atoms with Crippen LogP contribution in [0.3, 0.4) is 0 Å². The summed E-state index contributed by atoms with van der Waals surface area (Å²) in [6.07, 6.45) is 6.60. The van der Waals surface area contributed by atoms with E-state index in [0.29, 0.717) is 16.8 Å². The number of likely N-dealkylation sites (N-methyl/N-ethyl adjacent to an activating group) is 1. The van der Waals surface area contributed by atoms with Crippen molar-refractivity contribution in [2.45, 2.75) is 13.8 Å². The smallest absolute Gasteiger partial charge is 0.251 e. The molecule has 1 N–H and O–H groups in total. The van der Waals surface area contributed by atoms with E-state index in [4.69, 9.17) is 0 Å². The molecule has 3 heteroatoms. The normalized spacial score (nSPS) is 13.3. The van der Waals surface area contributed by atoms with Gasteiger partial charge in [0.1, 0.15) is 0 Å². The molecule has 0 saturated heterocycles. The van der Waals surface area contributed by atoms with Crippen molar-refractivity contribution in [3.63, 3.8) is 0 Å². The summed E-state index contributed by atoms with van der Waals surface area (Å²) in [7, 11) is 1.57. The Bertz CT molecular complexity index is 373. The van der Waals surface area contributed by atoms with Crippen LogP contribution in [0.4, 0.5) is 0 Å². The second-order valence-electron chi connectivity index (χ2n) is 2.88. The molecule has 0 saturated carbocycles. The third kappa shape index (κ3) is 3.35. The lowest BCUT2D eigenvalue weighted by molar-refractivity contribution is -0.116. The topological polar surface area (TPSA) is 41.5 Å². The second kappa shape index (κ2) is 7.40. The number of nitrogens with zero attached hydrogens (tertiary/aromatic N) is 1. The summed E-state index contributed by atoms with van der Waals surface area (Å²) in [4.78, 5) is 15.8. The van der Waals surface area contributed by atoms with Gasteiger partial charge >= 0.3 is 0 Å². The minimum absolute atomic E-state index is 0.199. The summed E-state index contributed by atoms with van der Waals surface area (Å²) in [6, 6.07) is 0. The number of hydrogen-bond acceptors (Lipinski definition) is 2. The van der Waals surface area contributed by atoms with E-state index in [-0.39, 0.29) is 5.91 Å². The van der Waals surface area contributed by atoms with Crippen LogP contribution in [-0.2, 0) is 4.79 Å². The van der Waals surface area contributed by atoms with E-state index in [0.717, 1.165) is 0 Å². The highest BCUT2D eigenvalue weighted by atomic mass is 16.1. The summed E-state index contributed by atoms with van der Waals surface area (Å²) in [5, 5.41) is 2.56. The van der Waals surface area contributed by atoms with Crippen LogP contribution < -0.4 is 5.32 Å². The lowest BCUT2D eigenvalue weighted by Crippen LogP contribution is -2.20. The molecule has 0 aliphatic rings. The summed E-state index contributed by atoms with van der Waals surface area (Å²) in [6.45, 7) is 11.0. The molecule has 1 amide bonds. The molecule has 0 bridgehead atoms. The molecule has 0 heterocycles. The fourth-order valence-electron chi connectivity index (χ4n) is 1.25. The van der Waals surface area contributed by atoms with Crippen LogP contribution in [0.2, 0.25) is 0 Å². The molecule has 0 aromatic carbocycles. The first-order valence-corrected chi connectivity index (χ1v) is 5.02. The van der Waals surface area contributed by atoms with Gasteiger partial charge in [-0.25, -0.2) is 0 Å². The molecule has 0 fully saturated rings. The van der Waals surface area contributed by atoms with Gasteiger partial charge in [-0.1, -0.05) is 31.4 Å². The lowest BCUT2D eigenvalue weighted by atomic mass is 10.0. The van der Waals surface area contributed by atoms with Gasteiger partial charge in [-0.15, -0.1) is 0 Å². The van der Waals surface area contributed by atoms with E-state index < -0.39 is 0 Å². The molecular weight excluding hydrogens is 200 g/mol. The average Bonchev–Trinajstić information content (AvgIpc) is 2.32. The number of carbonyl (C=O) groups is 1. The molecular formula is C13H18N2O. The second-order valence-corrected chi connectivity index (χ2v) is 2.88. The molecule has 0 rings (SSSR count). The van der Waals surface area contributed by atoms with Gasteiger partial charge in [0.25, 0.3) is 5.91 Å². The van der Waals surface area contributed by atoms with Crippen LogP contribution in [0.25, 0.3) is 0 Å². The van der Waals surface area contributed by atoms with Crippen LogP contribution in [0.5, 0.6) is 0 Å². The van der Waals surface area contributed by atoms with Crippen molar-refractivity contribution in [2.75, 3.05) is 7.05 Å². The van der Waals surface area contributed by atoms with E-state index in [1.165, 1.54) is 6.08 Å². The number of amides is 1. The molecule has 0 aromatic rings. The van der Waals surface area contributed by atoms with E-state index in [2.05, 4.69) is 23.5 Å². The maximum atomic E-state index is 11.6. The Balaban J connectivity index is 5.68. The standard InChI is InChI=1S/C13H18N2O/c1-6-10(12(8-3)15-9-4)11(7-2)13(16)14-5/h6-9H,1-2H2,3-5H3,(H,14,16)/b11-10+,12-8+,15-9-. The fraction of sp³-hybridized carbons (Fsp3) is 0.231. The molecule has 16 heavy (non-hydrogen) atoms.